The van der Waals surface area contributed by atoms with Gasteiger partial charge in [-0.05, 0) is 46.9 Å². The van der Waals surface area contributed by atoms with Crippen LogP contribution in [0.2, 0.25) is 0 Å². The van der Waals surface area contributed by atoms with E-state index in [0.29, 0.717) is 17.2 Å². The fraction of sp³-hybridized carbons (Fsp3) is 0.538. The van der Waals surface area contributed by atoms with Crippen molar-refractivity contribution in [2.24, 2.45) is 0 Å². The van der Waals surface area contributed by atoms with Crippen LogP contribution in [0.25, 0.3) is 0 Å². The number of rotatable bonds is 10. The van der Waals surface area contributed by atoms with Crippen LogP contribution in [0, 0.1) is 0 Å². The van der Waals surface area contributed by atoms with Crippen LogP contribution in [0.15, 0.2) is 47.4 Å². The van der Waals surface area contributed by atoms with Gasteiger partial charge >= 0.3 is 0 Å². The van der Waals surface area contributed by atoms with Crippen molar-refractivity contribution in [2.75, 3.05) is 13.7 Å². The molecule has 5 heteroatoms. The Morgan fingerprint density at radius 3 is 1.81 bits per heavy atom. The lowest BCUT2D eigenvalue weighted by Gasteiger charge is -2.29. The predicted octanol–water partition coefficient (Wildman–Crippen LogP) is 6.71. The molecule has 2 aromatic carbocycles. The van der Waals surface area contributed by atoms with Crippen molar-refractivity contribution in [3.63, 3.8) is 0 Å². The molecule has 0 bridgehead atoms. The Morgan fingerprint density at radius 2 is 1.39 bits per heavy atom. The van der Waals surface area contributed by atoms with Gasteiger partial charge in [-0.3, -0.25) is 4.18 Å². The zero-order valence-electron chi connectivity index (χ0n) is 20.2. The molecule has 0 aliphatic rings. The Labute approximate surface area is 189 Å². The molecule has 2 aromatic rings. The molecule has 0 radical (unpaired) electrons. The summed E-state index contributed by atoms with van der Waals surface area (Å²) in [5, 5.41) is 0. The van der Waals surface area contributed by atoms with Crippen LogP contribution in [-0.4, -0.2) is 22.1 Å². The summed E-state index contributed by atoms with van der Waals surface area (Å²) in [6.45, 7) is 14.4. The third-order valence-corrected chi connectivity index (χ3v) is 7.43. The summed E-state index contributed by atoms with van der Waals surface area (Å²) in [5.41, 5.74) is 3.17. The van der Waals surface area contributed by atoms with Crippen LogP contribution in [0.3, 0.4) is 0 Å². The van der Waals surface area contributed by atoms with E-state index in [1.165, 1.54) is 0 Å². The molecule has 2 rings (SSSR count). The van der Waals surface area contributed by atoms with E-state index in [1.54, 1.807) is 7.11 Å². The summed E-state index contributed by atoms with van der Waals surface area (Å²) in [5.74, 6) is 0.456. The number of ether oxygens (including phenoxy) is 1. The Balaban J connectivity index is 2.39. The molecule has 0 amide bonds. The van der Waals surface area contributed by atoms with E-state index in [9.17, 15) is 8.42 Å². The van der Waals surface area contributed by atoms with Crippen molar-refractivity contribution < 1.29 is 17.3 Å². The Bertz CT molecular complexity index is 933. The maximum absolute atomic E-state index is 13.4. The van der Waals surface area contributed by atoms with Gasteiger partial charge in [0.1, 0.15) is 4.90 Å². The number of methoxy groups -OCH3 is 1. The minimum atomic E-state index is -3.92. The van der Waals surface area contributed by atoms with E-state index in [1.807, 2.05) is 77.1 Å². The van der Waals surface area contributed by atoms with Crippen molar-refractivity contribution in [2.45, 2.75) is 83.1 Å². The lowest BCUT2D eigenvalue weighted by atomic mass is 9.89. The van der Waals surface area contributed by atoms with E-state index in [-0.39, 0.29) is 18.4 Å². The van der Waals surface area contributed by atoms with Gasteiger partial charge in [-0.1, -0.05) is 84.0 Å². The summed E-state index contributed by atoms with van der Waals surface area (Å²) in [6.07, 6.45) is 0.421. The molecule has 0 saturated heterocycles. The second-order valence-corrected chi connectivity index (χ2v) is 10.9. The molecule has 1 atom stereocenters. The van der Waals surface area contributed by atoms with Crippen molar-refractivity contribution in [1.29, 1.82) is 0 Å². The van der Waals surface area contributed by atoms with Gasteiger partial charge in [0.05, 0.1) is 12.2 Å². The van der Waals surface area contributed by atoms with Gasteiger partial charge in [0.15, 0.2) is 0 Å². The zero-order chi connectivity index (χ0) is 23.4. The van der Waals surface area contributed by atoms with Crippen molar-refractivity contribution >= 4 is 10.1 Å². The van der Waals surface area contributed by atoms with Gasteiger partial charge in [0.25, 0.3) is 10.1 Å². The van der Waals surface area contributed by atoms with Crippen LogP contribution in [0.5, 0.6) is 0 Å². The summed E-state index contributed by atoms with van der Waals surface area (Å²) in [7, 11) is -2.28. The summed E-state index contributed by atoms with van der Waals surface area (Å²) in [4.78, 5) is 0.334. The van der Waals surface area contributed by atoms with E-state index >= 15 is 0 Å². The maximum Gasteiger partial charge on any atom is 0.297 e. The molecule has 0 fully saturated rings. The topological polar surface area (TPSA) is 52.6 Å². The Morgan fingerprint density at radius 1 is 0.871 bits per heavy atom. The Kier molecular flexibility index (Phi) is 8.48. The molecule has 0 heterocycles. The average molecular weight is 447 g/mol. The molecule has 31 heavy (non-hydrogen) atoms. The SMILES string of the molecule is COC(C)(CCOS(=O)(=O)c1c(C(C)C)cc(C(C)C)cc1C(C)C)c1ccccc1. The molecule has 0 spiro atoms. The highest BCUT2D eigenvalue weighted by molar-refractivity contribution is 7.86. The van der Waals surface area contributed by atoms with E-state index in [2.05, 4.69) is 13.8 Å². The van der Waals surface area contributed by atoms with Crippen LogP contribution in [-0.2, 0) is 24.6 Å². The fourth-order valence-corrected chi connectivity index (χ4v) is 5.33. The van der Waals surface area contributed by atoms with Gasteiger partial charge in [0, 0.05) is 13.5 Å². The zero-order valence-corrected chi connectivity index (χ0v) is 21.0. The third-order valence-electron chi connectivity index (χ3n) is 5.98. The summed E-state index contributed by atoms with van der Waals surface area (Å²) in [6, 6.07) is 13.9. The molecular weight excluding hydrogens is 408 g/mol. The molecular formula is C26H38O4S. The largest absolute Gasteiger partial charge is 0.374 e. The second-order valence-electron chi connectivity index (χ2n) is 9.32. The maximum atomic E-state index is 13.4. The first-order valence-electron chi connectivity index (χ1n) is 11.1. The number of hydrogen-bond acceptors (Lipinski definition) is 4. The van der Waals surface area contributed by atoms with Gasteiger partial charge < -0.3 is 4.74 Å². The minimum Gasteiger partial charge on any atom is -0.374 e. The van der Waals surface area contributed by atoms with Gasteiger partial charge in [-0.2, -0.15) is 8.42 Å². The molecule has 0 aliphatic carbocycles. The number of benzene rings is 2. The lowest BCUT2D eigenvalue weighted by Crippen LogP contribution is -2.27. The van der Waals surface area contributed by atoms with Gasteiger partial charge in [-0.25, -0.2) is 0 Å². The smallest absolute Gasteiger partial charge is 0.297 e. The molecule has 4 nitrogen and oxygen atoms in total. The lowest BCUT2D eigenvalue weighted by molar-refractivity contribution is -0.0144. The van der Waals surface area contributed by atoms with Gasteiger partial charge in [-0.15, -0.1) is 0 Å². The fourth-order valence-electron chi connectivity index (χ4n) is 3.74. The van der Waals surface area contributed by atoms with E-state index in [4.69, 9.17) is 8.92 Å². The normalized spacial score (nSPS) is 14.4. The minimum absolute atomic E-state index is 0.0442. The average Bonchev–Trinajstić information content (AvgIpc) is 2.72. The predicted molar refractivity (Wildman–Crippen MR) is 127 cm³/mol. The third kappa shape index (κ3) is 5.97. The van der Waals surface area contributed by atoms with E-state index < -0.39 is 15.7 Å². The molecule has 0 saturated carbocycles. The highest BCUT2D eigenvalue weighted by Gasteiger charge is 2.30. The summed E-state index contributed by atoms with van der Waals surface area (Å²) >= 11 is 0. The molecule has 0 aliphatic heterocycles. The molecule has 1 unspecified atom stereocenters. The molecule has 0 N–H and O–H groups in total. The van der Waals surface area contributed by atoms with Gasteiger partial charge in [0.2, 0.25) is 0 Å². The first-order valence-corrected chi connectivity index (χ1v) is 12.5. The van der Waals surface area contributed by atoms with Crippen LogP contribution >= 0.6 is 0 Å². The quantitative estimate of drug-likeness (QED) is 0.380. The van der Waals surface area contributed by atoms with Crippen LogP contribution < -0.4 is 0 Å². The van der Waals surface area contributed by atoms with Crippen molar-refractivity contribution in [1.82, 2.24) is 0 Å². The standard InChI is InChI=1S/C26H38O4S/c1-18(2)21-16-23(19(3)4)25(24(17-21)20(5)6)31(27,28)30-15-14-26(7,29-8)22-12-10-9-11-13-22/h9-13,16-20H,14-15H2,1-8H3. The first-order chi connectivity index (χ1) is 14.4. The Hall–Kier alpha value is -1.69. The monoisotopic (exact) mass is 446 g/mol. The highest BCUT2D eigenvalue weighted by atomic mass is 32.2. The first kappa shape index (κ1) is 25.6. The van der Waals surface area contributed by atoms with Crippen molar-refractivity contribution in [3.05, 3.63) is 64.7 Å². The highest BCUT2D eigenvalue weighted by Crippen LogP contribution is 2.36. The second kappa shape index (κ2) is 10.3. The van der Waals surface area contributed by atoms with Crippen LogP contribution in [0.4, 0.5) is 0 Å². The van der Waals surface area contributed by atoms with Crippen molar-refractivity contribution in [3.8, 4) is 0 Å². The molecule has 172 valence electrons. The summed E-state index contributed by atoms with van der Waals surface area (Å²) < 4.78 is 38.2. The van der Waals surface area contributed by atoms with Crippen LogP contribution in [0.1, 0.15) is 94.9 Å². The molecule has 0 aromatic heterocycles. The van der Waals surface area contributed by atoms with E-state index in [0.717, 1.165) is 22.3 Å². The number of hydrogen-bond donors (Lipinski definition) is 0.